The minimum Gasteiger partial charge on any atom is -0.489 e. The van der Waals surface area contributed by atoms with Gasteiger partial charge in [0.25, 0.3) is 0 Å². The van der Waals surface area contributed by atoms with Crippen molar-refractivity contribution in [3.63, 3.8) is 0 Å². The van der Waals surface area contributed by atoms with Gasteiger partial charge in [-0.05, 0) is 35.4 Å². The molecule has 0 unspecified atom stereocenters. The smallest absolute Gasteiger partial charge is 0.328 e. The van der Waals surface area contributed by atoms with Gasteiger partial charge in [0.05, 0.1) is 0 Å². The molecule has 2 nitrogen and oxygen atoms in total. The summed E-state index contributed by atoms with van der Waals surface area (Å²) in [4.78, 5) is 0. The Morgan fingerprint density at radius 3 is 2.72 bits per heavy atom. The van der Waals surface area contributed by atoms with Crippen LogP contribution in [0.1, 0.15) is 11.1 Å². The molecule has 0 atom stereocenters. The zero-order valence-electron chi connectivity index (χ0n) is 10.2. The number of hydrogen-bond acceptors (Lipinski definition) is 2. The lowest BCUT2D eigenvalue weighted by atomic mass is 9.62. The fourth-order valence-electron chi connectivity index (χ4n) is 2.48. The highest BCUT2D eigenvalue weighted by atomic mass is 16.5. The number of fused-ring (bicyclic) bond motifs is 1. The number of aryl methyl sites for hydroxylation is 1. The van der Waals surface area contributed by atoms with Crippen LogP contribution in [0.3, 0.4) is 0 Å². The van der Waals surface area contributed by atoms with Gasteiger partial charge < -0.3 is 9.76 Å². The third-order valence-corrected chi connectivity index (χ3v) is 3.41. The van der Waals surface area contributed by atoms with Crippen molar-refractivity contribution in [2.75, 3.05) is 0 Å². The van der Waals surface area contributed by atoms with Gasteiger partial charge in [0.1, 0.15) is 12.4 Å². The summed E-state index contributed by atoms with van der Waals surface area (Å²) in [5, 5.41) is 9.98. The van der Waals surface area contributed by atoms with Crippen LogP contribution in [0.2, 0.25) is 6.32 Å². The lowest BCUT2D eigenvalue weighted by Crippen LogP contribution is -2.28. The van der Waals surface area contributed by atoms with Crippen molar-refractivity contribution in [3.05, 3.63) is 59.7 Å². The molecule has 2 aromatic carbocycles. The molecule has 1 aliphatic heterocycles. The van der Waals surface area contributed by atoms with E-state index < -0.39 is 0 Å². The summed E-state index contributed by atoms with van der Waals surface area (Å²) in [7, 11) is 0. The minimum atomic E-state index is -0.369. The van der Waals surface area contributed by atoms with Crippen LogP contribution < -0.4 is 10.2 Å². The molecule has 0 aromatic heterocycles. The number of rotatable bonds is 3. The molecule has 18 heavy (non-hydrogen) atoms. The van der Waals surface area contributed by atoms with Crippen LogP contribution in [0.25, 0.3) is 0 Å². The van der Waals surface area contributed by atoms with Crippen molar-refractivity contribution in [2.45, 2.75) is 19.3 Å². The molecule has 3 rings (SSSR count). The van der Waals surface area contributed by atoms with Crippen molar-refractivity contribution >= 4 is 12.4 Å². The Labute approximate surface area is 107 Å². The third-order valence-electron chi connectivity index (χ3n) is 3.41. The predicted octanol–water partition coefficient (Wildman–Crippen LogP) is 2.01. The number of hydrogen-bond donors (Lipinski definition) is 1. The molecule has 0 saturated carbocycles. The van der Waals surface area contributed by atoms with E-state index in [0.717, 1.165) is 29.5 Å². The normalized spacial score (nSPS) is 13.5. The highest BCUT2D eigenvalue weighted by molar-refractivity contribution is 6.69. The summed E-state index contributed by atoms with van der Waals surface area (Å²) >= 11 is 0. The molecule has 0 saturated heterocycles. The molecular weight excluding hydrogens is 223 g/mol. The Morgan fingerprint density at radius 2 is 1.89 bits per heavy atom. The second kappa shape index (κ2) is 4.87. The Hall–Kier alpha value is -1.74. The predicted molar refractivity (Wildman–Crippen MR) is 73.3 cm³/mol. The average Bonchev–Trinajstić information content (AvgIpc) is 2.80. The van der Waals surface area contributed by atoms with E-state index in [-0.39, 0.29) is 6.92 Å². The Balaban J connectivity index is 1.80. The second-order valence-corrected chi connectivity index (χ2v) is 4.66. The molecule has 0 radical (unpaired) electrons. The molecule has 1 heterocycles. The topological polar surface area (TPSA) is 29.5 Å². The van der Waals surface area contributed by atoms with Gasteiger partial charge in [-0.2, -0.15) is 0 Å². The summed E-state index contributed by atoms with van der Waals surface area (Å²) in [6.45, 7) is 0.177. The monoisotopic (exact) mass is 238 g/mol. The van der Waals surface area contributed by atoms with Crippen molar-refractivity contribution in [1.82, 2.24) is 0 Å². The van der Waals surface area contributed by atoms with E-state index in [1.54, 1.807) is 0 Å². The van der Waals surface area contributed by atoms with Crippen molar-refractivity contribution in [1.29, 1.82) is 0 Å². The van der Waals surface area contributed by atoms with Crippen molar-refractivity contribution < 1.29 is 9.76 Å². The zero-order valence-corrected chi connectivity index (χ0v) is 10.2. The zero-order chi connectivity index (χ0) is 12.4. The summed E-state index contributed by atoms with van der Waals surface area (Å²) in [5.74, 6) is 0.821. The lowest BCUT2D eigenvalue weighted by Gasteiger charge is -2.12. The highest BCUT2D eigenvalue weighted by Crippen LogP contribution is 2.21. The van der Waals surface area contributed by atoms with Gasteiger partial charge >= 0.3 is 6.92 Å². The van der Waals surface area contributed by atoms with Gasteiger partial charge in [0, 0.05) is 0 Å². The van der Waals surface area contributed by atoms with E-state index in [1.165, 1.54) is 5.56 Å². The van der Waals surface area contributed by atoms with Crippen LogP contribution in [0.15, 0.2) is 48.5 Å². The van der Waals surface area contributed by atoms with E-state index in [9.17, 15) is 5.02 Å². The first kappa shape index (κ1) is 11.4. The quantitative estimate of drug-likeness (QED) is 0.829. The first-order chi connectivity index (χ1) is 8.84. The fourth-order valence-corrected chi connectivity index (χ4v) is 2.48. The Morgan fingerprint density at radius 1 is 1.06 bits per heavy atom. The van der Waals surface area contributed by atoms with Crippen molar-refractivity contribution in [2.24, 2.45) is 0 Å². The third kappa shape index (κ3) is 2.14. The van der Waals surface area contributed by atoms with Crippen LogP contribution in [-0.4, -0.2) is 11.9 Å². The number of ether oxygens (including phenoxy) is 1. The summed E-state index contributed by atoms with van der Waals surface area (Å²) in [6.07, 6.45) is 1.75. The maximum atomic E-state index is 9.98. The molecule has 0 amide bonds. The lowest BCUT2D eigenvalue weighted by molar-refractivity contribution is 0.308. The molecule has 3 heteroatoms. The molecule has 0 bridgehead atoms. The molecule has 0 fully saturated rings. The summed E-state index contributed by atoms with van der Waals surface area (Å²) in [5.41, 5.74) is 3.34. The second-order valence-electron chi connectivity index (χ2n) is 4.66. The van der Waals surface area contributed by atoms with Crippen LogP contribution in [0.4, 0.5) is 0 Å². The molecule has 0 aliphatic carbocycles. The maximum Gasteiger partial charge on any atom is 0.328 e. The first-order valence-electron chi connectivity index (χ1n) is 6.31. The maximum absolute atomic E-state index is 9.98. The van der Waals surface area contributed by atoms with E-state index in [4.69, 9.17) is 4.74 Å². The molecule has 1 aliphatic rings. The standard InChI is InChI=1S/C15H15BO2/c17-16-10-9-13-7-4-8-14(15(13)16)18-11-12-5-2-1-3-6-12/h1-8,17H,9-11H2. The molecular formula is C15H15BO2. The minimum absolute atomic E-state index is 0.369. The summed E-state index contributed by atoms with van der Waals surface area (Å²) < 4.78 is 5.85. The highest BCUT2D eigenvalue weighted by Gasteiger charge is 2.28. The SMILES string of the molecule is OB1CCc2cccc(OCc3ccccc3)c21. The van der Waals surface area contributed by atoms with E-state index >= 15 is 0 Å². The van der Waals surface area contributed by atoms with Crippen molar-refractivity contribution in [3.8, 4) is 5.75 Å². The van der Waals surface area contributed by atoms with Gasteiger partial charge in [-0.15, -0.1) is 0 Å². The van der Waals surface area contributed by atoms with Gasteiger partial charge in [-0.3, -0.25) is 0 Å². The Bertz CT molecular complexity index is 539. The van der Waals surface area contributed by atoms with Gasteiger partial charge in [-0.1, -0.05) is 42.5 Å². The number of benzene rings is 2. The van der Waals surface area contributed by atoms with Gasteiger partial charge in [-0.25, -0.2) is 0 Å². The van der Waals surface area contributed by atoms with Crippen LogP contribution in [0, 0.1) is 0 Å². The van der Waals surface area contributed by atoms with E-state index in [0.29, 0.717) is 6.61 Å². The van der Waals surface area contributed by atoms with Gasteiger partial charge in [0.15, 0.2) is 0 Å². The average molecular weight is 238 g/mol. The van der Waals surface area contributed by atoms with Crippen LogP contribution in [-0.2, 0) is 13.0 Å². The molecule has 1 N–H and O–H groups in total. The van der Waals surface area contributed by atoms with Crippen LogP contribution in [0.5, 0.6) is 5.75 Å². The fraction of sp³-hybridized carbons (Fsp3) is 0.200. The molecule has 2 aromatic rings. The first-order valence-corrected chi connectivity index (χ1v) is 6.31. The van der Waals surface area contributed by atoms with Gasteiger partial charge in [0.2, 0.25) is 0 Å². The van der Waals surface area contributed by atoms with E-state index in [2.05, 4.69) is 6.07 Å². The molecule has 90 valence electrons. The summed E-state index contributed by atoms with van der Waals surface area (Å²) in [6, 6.07) is 16.1. The Kier molecular flexibility index (Phi) is 3.07. The molecule has 0 spiro atoms. The largest absolute Gasteiger partial charge is 0.489 e. The van der Waals surface area contributed by atoms with E-state index in [1.807, 2.05) is 42.5 Å². The van der Waals surface area contributed by atoms with Crippen LogP contribution >= 0.6 is 0 Å².